The third kappa shape index (κ3) is 6.24. The molecule has 1 saturated carbocycles. The molecule has 0 unspecified atom stereocenters. The van der Waals surface area contributed by atoms with Gasteiger partial charge in [0, 0.05) is 19.0 Å². The van der Waals surface area contributed by atoms with Crippen molar-refractivity contribution in [2.24, 2.45) is 0 Å². The fraction of sp³-hybridized carbons (Fsp3) is 1.00. The molecule has 1 aliphatic carbocycles. The molecule has 0 aromatic heterocycles. The van der Waals surface area contributed by atoms with Crippen LogP contribution < -0.4 is 0 Å². The van der Waals surface area contributed by atoms with Crippen LogP contribution in [0.3, 0.4) is 0 Å². The lowest BCUT2D eigenvalue weighted by molar-refractivity contribution is 0.495. The number of rotatable bonds is 8. The minimum absolute atomic E-state index is 0.324. The summed E-state index contributed by atoms with van der Waals surface area (Å²) in [7, 11) is 0.648. The van der Waals surface area contributed by atoms with Gasteiger partial charge < -0.3 is 0 Å². The summed E-state index contributed by atoms with van der Waals surface area (Å²) in [5, 5.41) is 0. The van der Waals surface area contributed by atoms with Crippen LogP contribution in [0.1, 0.15) is 65.2 Å². The van der Waals surface area contributed by atoms with Gasteiger partial charge in [0.1, 0.15) is 0 Å². The molecule has 0 atom stereocenters. The van der Waals surface area contributed by atoms with E-state index in [-0.39, 0.29) is 0 Å². The first-order valence-corrected chi connectivity index (χ1v) is 11.5. The third-order valence-electron chi connectivity index (χ3n) is 4.40. The average molecular weight is 257 g/mol. The predicted molar refractivity (Wildman–Crippen MR) is 82.5 cm³/mol. The molecular formula is C14H32Si2. The second-order valence-electron chi connectivity index (χ2n) is 5.88. The van der Waals surface area contributed by atoms with Gasteiger partial charge in [0.25, 0.3) is 0 Å². The lowest BCUT2D eigenvalue weighted by atomic mass is 9.99. The van der Waals surface area contributed by atoms with E-state index in [0.29, 0.717) is 19.0 Å². The Morgan fingerprint density at radius 2 is 1.12 bits per heavy atom. The molecule has 0 aromatic rings. The van der Waals surface area contributed by atoms with Gasteiger partial charge in [-0.15, -0.1) is 0 Å². The van der Waals surface area contributed by atoms with Crippen LogP contribution in [0.15, 0.2) is 0 Å². The molecule has 1 fully saturated rings. The summed E-state index contributed by atoms with van der Waals surface area (Å²) in [5.41, 5.74) is 2.51. The van der Waals surface area contributed by atoms with Crippen molar-refractivity contribution in [3.05, 3.63) is 0 Å². The molecule has 0 spiro atoms. The number of unbranched alkanes of at least 4 members (excludes halogenated alkanes) is 2. The lowest BCUT2D eigenvalue weighted by Gasteiger charge is -2.28. The van der Waals surface area contributed by atoms with Crippen LogP contribution in [0.2, 0.25) is 23.2 Å². The monoisotopic (exact) mass is 256 g/mol. The highest BCUT2D eigenvalue weighted by atomic mass is 28.2. The van der Waals surface area contributed by atoms with E-state index in [0.717, 1.165) is 0 Å². The summed E-state index contributed by atoms with van der Waals surface area (Å²) >= 11 is 0. The predicted octanol–water partition coefficient (Wildman–Crippen LogP) is 3.91. The largest absolute Gasteiger partial charge is 0.0654 e. The quantitative estimate of drug-likeness (QED) is 0.456. The molecule has 96 valence electrons. The topological polar surface area (TPSA) is 0 Å². The molecule has 16 heavy (non-hydrogen) atoms. The van der Waals surface area contributed by atoms with Gasteiger partial charge in [-0.1, -0.05) is 88.4 Å². The lowest BCUT2D eigenvalue weighted by Crippen LogP contribution is -2.15. The van der Waals surface area contributed by atoms with Gasteiger partial charge in [-0.3, -0.25) is 0 Å². The van der Waals surface area contributed by atoms with Crippen molar-refractivity contribution in [2.45, 2.75) is 88.4 Å². The summed E-state index contributed by atoms with van der Waals surface area (Å²) in [6.45, 7) is 4.68. The first-order chi connectivity index (χ1) is 7.86. The van der Waals surface area contributed by atoms with Crippen LogP contribution >= 0.6 is 0 Å². The minimum Gasteiger partial charge on any atom is -0.0654 e. The molecule has 0 N–H and O–H groups in total. The maximum Gasteiger partial charge on any atom is 0.0231 e. The van der Waals surface area contributed by atoms with E-state index in [4.69, 9.17) is 0 Å². The molecule has 2 heteroatoms. The Labute approximate surface area is 108 Å². The zero-order valence-electron chi connectivity index (χ0n) is 11.6. The highest BCUT2D eigenvalue weighted by Crippen LogP contribution is 2.36. The molecule has 0 aromatic carbocycles. The van der Waals surface area contributed by atoms with E-state index < -0.39 is 0 Å². The minimum atomic E-state index is 0.324. The van der Waals surface area contributed by atoms with Gasteiger partial charge in [0.2, 0.25) is 0 Å². The normalized spacial score (nSPS) is 27.4. The average Bonchev–Trinajstić information content (AvgIpc) is 2.32. The van der Waals surface area contributed by atoms with Crippen molar-refractivity contribution in [3.8, 4) is 0 Å². The second kappa shape index (κ2) is 9.46. The van der Waals surface area contributed by atoms with Gasteiger partial charge in [-0.2, -0.15) is 0 Å². The highest BCUT2D eigenvalue weighted by Gasteiger charge is 2.20. The molecular weight excluding hydrogens is 224 g/mol. The van der Waals surface area contributed by atoms with Crippen molar-refractivity contribution in [1.29, 1.82) is 0 Å². The fourth-order valence-electron chi connectivity index (χ4n) is 3.17. The van der Waals surface area contributed by atoms with Crippen molar-refractivity contribution in [1.82, 2.24) is 0 Å². The van der Waals surface area contributed by atoms with E-state index in [9.17, 15) is 0 Å². The van der Waals surface area contributed by atoms with Crippen molar-refractivity contribution in [2.75, 3.05) is 0 Å². The Hall–Kier alpha value is 0.434. The maximum absolute atomic E-state index is 2.34. The van der Waals surface area contributed by atoms with Gasteiger partial charge in [0.05, 0.1) is 0 Å². The second-order valence-corrected chi connectivity index (χ2v) is 10.8. The molecule has 0 bridgehead atoms. The molecule has 0 aliphatic heterocycles. The van der Waals surface area contributed by atoms with Gasteiger partial charge in [-0.25, -0.2) is 0 Å². The first kappa shape index (κ1) is 14.5. The van der Waals surface area contributed by atoms with Gasteiger partial charge in [-0.05, 0) is 0 Å². The SMILES string of the molecule is CCCC[SiH2]C1CCC([SiH2]CCCC)CC1. The van der Waals surface area contributed by atoms with E-state index in [1.54, 1.807) is 37.8 Å². The fourth-order valence-corrected chi connectivity index (χ4v) is 8.00. The molecule has 0 heterocycles. The van der Waals surface area contributed by atoms with E-state index >= 15 is 0 Å². The zero-order valence-corrected chi connectivity index (χ0v) is 14.5. The highest BCUT2D eigenvalue weighted by molar-refractivity contribution is 6.39. The first-order valence-electron chi connectivity index (χ1n) is 7.86. The molecule has 1 aliphatic rings. The van der Waals surface area contributed by atoms with E-state index in [1.807, 2.05) is 0 Å². The van der Waals surface area contributed by atoms with Gasteiger partial charge >= 0.3 is 0 Å². The standard InChI is InChI=1S/C14H32Si2/c1-3-5-11-15-13-7-9-14(10-8-13)16-12-6-4-2/h13-14H,3-12,15-16H2,1-2H3. The van der Waals surface area contributed by atoms with Crippen LogP contribution in [0.5, 0.6) is 0 Å². The van der Waals surface area contributed by atoms with Crippen LogP contribution in [-0.4, -0.2) is 19.0 Å². The Morgan fingerprint density at radius 3 is 1.44 bits per heavy atom. The molecule has 0 nitrogen and oxygen atoms in total. The zero-order chi connectivity index (χ0) is 11.6. The summed E-state index contributed by atoms with van der Waals surface area (Å²) in [4.78, 5) is 0. The number of hydrogen-bond acceptors (Lipinski definition) is 0. The van der Waals surface area contributed by atoms with Crippen LogP contribution in [0.4, 0.5) is 0 Å². The van der Waals surface area contributed by atoms with Crippen molar-refractivity contribution < 1.29 is 0 Å². The molecule has 0 amide bonds. The Morgan fingerprint density at radius 1 is 0.750 bits per heavy atom. The van der Waals surface area contributed by atoms with E-state index in [2.05, 4.69) is 13.8 Å². The maximum atomic E-state index is 2.34. The van der Waals surface area contributed by atoms with Gasteiger partial charge in [0.15, 0.2) is 0 Å². The van der Waals surface area contributed by atoms with Crippen molar-refractivity contribution >= 4 is 19.0 Å². The Kier molecular flexibility index (Phi) is 8.57. The Bertz CT molecular complexity index is 133. The molecule has 1 rings (SSSR count). The van der Waals surface area contributed by atoms with Crippen molar-refractivity contribution in [3.63, 3.8) is 0 Å². The summed E-state index contributed by atoms with van der Waals surface area (Å²) in [6.07, 6.45) is 12.5. The molecule has 0 radical (unpaired) electrons. The van der Waals surface area contributed by atoms with Crippen LogP contribution in [-0.2, 0) is 0 Å². The molecule has 0 saturated heterocycles. The van der Waals surface area contributed by atoms with Crippen LogP contribution in [0.25, 0.3) is 0 Å². The summed E-state index contributed by atoms with van der Waals surface area (Å²) in [5.74, 6) is 0. The third-order valence-corrected chi connectivity index (χ3v) is 9.48. The number of hydrogen-bond donors (Lipinski definition) is 0. The van der Waals surface area contributed by atoms with Crippen LogP contribution in [0, 0.1) is 0 Å². The smallest absolute Gasteiger partial charge is 0.0231 e. The van der Waals surface area contributed by atoms with E-state index in [1.165, 1.54) is 36.8 Å². The Balaban J connectivity index is 2.00. The summed E-state index contributed by atoms with van der Waals surface area (Å²) in [6, 6.07) is 3.28. The summed E-state index contributed by atoms with van der Waals surface area (Å²) < 4.78 is 0.